The van der Waals surface area contributed by atoms with Crippen molar-refractivity contribution in [2.75, 3.05) is 0 Å². The lowest BCUT2D eigenvalue weighted by Crippen LogP contribution is -2.32. The molecule has 0 N–H and O–H groups in total. The summed E-state index contributed by atoms with van der Waals surface area (Å²) in [5.74, 6) is 1.90. The van der Waals surface area contributed by atoms with E-state index in [9.17, 15) is 0 Å². The Bertz CT molecular complexity index is 1760. The van der Waals surface area contributed by atoms with Gasteiger partial charge in [0.15, 0.2) is 6.20 Å². The zero-order valence-electron chi connectivity index (χ0n) is 24.9. The van der Waals surface area contributed by atoms with E-state index >= 15 is 0 Å². The molecule has 0 spiro atoms. The average Bonchev–Trinajstić information content (AvgIpc) is 2.87. The van der Waals surface area contributed by atoms with Crippen LogP contribution in [0.2, 0.25) is 0 Å². The highest BCUT2D eigenvalue weighted by atomic mass is 32.2. The number of rotatable bonds is 6. The summed E-state index contributed by atoms with van der Waals surface area (Å²) in [6.45, 7) is 16.3. The van der Waals surface area contributed by atoms with Crippen molar-refractivity contribution in [1.82, 2.24) is 0 Å². The quantitative estimate of drug-likeness (QED) is 0.152. The molecular formula is C37H42NS+. The Morgan fingerprint density at radius 3 is 2.00 bits per heavy atom. The maximum absolute atomic E-state index is 2.49. The molecule has 0 amide bonds. The van der Waals surface area contributed by atoms with Gasteiger partial charge in [0.25, 0.3) is 0 Å². The minimum Gasteiger partial charge on any atom is -0.200 e. The van der Waals surface area contributed by atoms with Gasteiger partial charge in [-0.15, -0.1) is 0 Å². The Morgan fingerprint density at radius 1 is 0.692 bits per heavy atom. The molecule has 39 heavy (non-hydrogen) atoms. The fourth-order valence-corrected chi connectivity index (χ4v) is 8.12. The standard InChI is InChI=1S/C37H42NS/c1-21(2)15-25-9-11-27-20-33-35-29(31(27)19-25)13-14-38(8)36(35)34-24(7)30-18-26(16-22(3)4)10-12-28(30)32(17-23(5)6)37(34)39-33/h9-14,18-23H,15-17H2,1-8H3/q+1. The van der Waals surface area contributed by atoms with Gasteiger partial charge < -0.3 is 0 Å². The van der Waals surface area contributed by atoms with Gasteiger partial charge in [-0.3, -0.25) is 0 Å². The topological polar surface area (TPSA) is 3.88 Å². The molecule has 1 aliphatic rings. The molecule has 0 unspecified atom stereocenters. The van der Waals surface area contributed by atoms with E-state index in [2.05, 4.69) is 115 Å². The molecule has 0 saturated heterocycles. The van der Waals surface area contributed by atoms with Crippen molar-refractivity contribution in [2.45, 2.75) is 77.5 Å². The van der Waals surface area contributed by atoms with Crippen molar-refractivity contribution >= 4 is 44.1 Å². The second-order valence-electron chi connectivity index (χ2n) is 13.1. The van der Waals surface area contributed by atoms with Crippen molar-refractivity contribution in [3.8, 4) is 11.3 Å². The second kappa shape index (κ2) is 9.97. The highest BCUT2D eigenvalue weighted by Gasteiger charge is 2.32. The summed E-state index contributed by atoms with van der Waals surface area (Å²) in [6.07, 6.45) is 5.62. The molecule has 0 saturated carbocycles. The first kappa shape index (κ1) is 26.4. The zero-order valence-corrected chi connectivity index (χ0v) is 25.7. The Morgan fingerprint density at radius 2 is 1.33 bits per heavy atom. The summed E-state index contributed by atoms with van der Waals surface area (Å²) >= 11 is 2.01. The lowest BCUT2D eigenvalue weighted by atomic mass is 9.86. The van der Waals surface area contributed by atoms with Crippen LogP contribution in [0.1, 0.15) is 63.8 Å². The van der Waals surface area contributed by atoms with Gasteiger partial charge in [0.2, 0.25) is 5.69 Å². The Hall–Kier alpha value is -2.84. The van der Waals surface area contributed by atoms with Gasteiger partial charge in [-0.25, -0.2) is 4.57 Å². The third kappa shape index (κ3) is 4.55. The molecule has 4 aromatic carbocycles. The highest BCUT2D eigenvalue weighted by molar-refractivity contribution is 8.00. The largest absolute Gasteiger partial charge is 0.222 e. The van der Waals surface area contributed by atoms with Crippen molar-refractivity contribution in [2.24, 2.45) is 24.8 Å². The fraction of sp³-hybridized carbons (Fsp3) is 0.378. The normalized spacial score (nSPS) is 13.0. The molecule has 1 nitrogen and oxygen atoms in total. The number of aromatic nitrogens is 1. The molecule has 0 radical (unpaired) electrons. The lowest BCUT2D eigenvalue weighted by Gasteiger charge is -2.26. The Balaban J connectivity index is 1.71. The summed E-state index contributed by atoms with van der Waals surface area (Å²) in [6, 6.07) is 19.2. The van der Waals surface area contributed by atoms with E-state index in [4.69, 9.17) is 0 Å². The Labute approximate surface area is 238 Å². The van der Waals surface area contributed by atoms with E-state index in [0.717, 1.165) is 19.3 Å². The number of hydrogen-bond donors (Lipinski definition) is 0. The van der Waals surface area contributed by atoms with Crippen LogP contribution in [0.3, 0.4) is 0 Å². The number of pyridine rings is 1. The summed E-state index contributed by atoms with van der Waals surface area (Å²) < 4.78 is 2.38. The van der Waals surface area contributed by atoms with Gasteiger partial charge in [0.1, 0.15) is 7.05 Å². The van der Waals surface area contributed by atoms with Crippen LogP contribution in [0.5, 0.6) is 0 Å². The molecule has 0 fully saturated rings. The van der Waals surface area contributed by atoms with Gasteiger partial charge in [-0.1, -0.05) is 89.7 Å². The predicted molar refractivity (Wildman–Crippen MR) is 170 cm³/mol. The van der Waals surface area contributed by atoms with Crippen LogP contribution in [0.15, 0.2) is 64.5 Å². The van der Waals surface area contributed by atoms with E-state index in [1.54, 1.807) is 0 Å². The van der Waals surface area contributed by atoms with Gasteiger partial charge in [-0.2, -0.15) is 0 Å². The van der Waals surface area contributed by atoms with Crippen LogP contribution >= 0.6 is 11.8 Å². The van der Waals surface area contributed by atoms with Gasteiger partial charge in [0, 0.05) is 21.2 Å². The minimum atomic E-state index is 0.595. The molecule has 0 aliphatic carbocycles. The summed E-state index contributed by atoms with van der Waals surface area (Å²) in [5, 5.41) is 8.42. The van der Waals surface area contributed by atoms with Crippen LogP contribution in [0, 0.1) is 24.7 Å². The van der Waals surface area contributed by atoms with Crippen LogP contribution in [0.25, 0.3) is 43.6 Å². The smallest absolute Gasteiger partial charge is 0.200 e. The van der Waals surface area contributed by atoms with E-state index in [-0.39, 0.29) is 0 Å². The predicted octanol–water partition coefficient (Wildman–Crippen LogP) is 10.0. The van der Waals surface area contributed by atoms with Crippen molar-refractivity contribution in [3.05, 3.63) is 77.0 Å². The molecule has 0 bridgehead atoms. The van der Waals surface area contributed by atoms with Crippen LogP contribution in [0.4, 0.5) is 0 Å². The zero-order chi connectivity index (χ0) is 27.6. The fourth-order valence-electron chi connectivity index (χ4n) is 6.74. The SMILES string of the molecule is Cc1c2c(c(CC(C)C)c3ccc(CC(C)C)cc13)Sc1cc3ccc(CC(C)C)cc3c3cc[n+](C)c-2c13. The van der Waals surface area contributed by atoms with E-state index in [1.807, 2.05) is 11.8 Å². The van der Waals surface area contributed by atoms with E-state index in [1.165, 1.54) is 75.6 Å². The first-order chi connectivity index (χ1) is 18.6. The van der Waals surface area contributed by atoms with E-state index in [0.29, 0.717) is 17.8 Å². The maximum atomic E-state index is 2.49. The number of fused-ring (bicyclic) bond motifs is 5. The van der Waals surface area contributed by atoms with Gasteiger partial charge in [0.05, 0.1) is 10.9 Å². The number of benzene rings is 4. The third-order valence-electron chi connectivity index (χ3n) is 8.30. The molecule has 2 heterocycles. The molecule has 6 rings (SSSR count). The number of aryl methyl sites for hydroxylation is 2. The van der Waals surface area contributed by atoms with Crippen molar-refractivity contribution in [1.29, 1.82) is 0 Å². The van der Waals surface area contributed by atoms with Crippen LogP contribution in [-0.2, 0) is 26.3 Å². The lowest BCUT2D eigenvalue weighted by molar-refractivity contribution is -0.659. The van der Waals surface area contributed by atoms with Crippen LogP contribution in [-0.4, -0.2) is 0 Å². The van der Waals surface area contributed by atoms with Gasteiger partial charge >= 0.3 is 0 Å². The Kier molecular flexibility index (Phi) is 6.74. The second-order valence-corrected chi connectivity index (χ2v) is 14.1. The monoisotopic (exact) mass is 532 g/mol. The summed E-state index contributed by atoms with van der Waals surface area (Å²) in [7, 11) is 2.23. The third-order valence-corrected chi connectivity index (χ3v) is 9.50. The molecule has 5 aromatic rings. The maximum Gasteiger partial charge on any atom is 0.222 e. The first-order valence-electron chi connectivity index (χ1n) is 14.8. The average molecular weight is 533 g/mol. The van der Waals surface area contributed by atoms with Crippen LogP contribution < -0.4 is 4.57 Å². The molecule has 1 aromatic heterocycles. The van der Waals surface area contributed by atoms with Crippen molar-refractivity contribution in [3.63, 3.8) is 0 Å². The molecule has 2 heteroatoms. The first-order valence-corrected chi connectivity index (χ1v) is 15.6. The molecule has 200 valence electrons. The van der Waals surface area contributed by atoms with Gasteiger partial charge in [-0.05, 0) is 93.8 Å². The molecular weight excluding hydrogens is 490 g/mol. The molecule has 0 atom stereocenters. The van der Waals surface area contributed by atoms with E-state index < -0.39 is 0 Å². The summed E-state index contributed by atoms with van der Waals surface area (Å²) in [5.41, 5.74) is 8.66. The van der Waals surface area contributed by atoms with Crippen molar-refractivity contribution < 1.29 is 4.57 Å². The summed E-state index contributed by atoms with van der Waals surface area (Å²) in [4.78, 5) is 2.87. The minimum absolute atomic E-state index is 0.595. The highest BCUT2D eigenvalue weighted by Crippen LogP contribution is 2.53. The number of nitrogens with zero attached hydrogens (tertiary/aromatic N) is 1. The number of hydrogen-bond acceptors (Lipinski definition) is 1. The molecule has 1 aliphatic heterocycles.